The molecular weight excluding hydrogens is 475 g/mol. The average Bonchev–Trinajstić information content (AvgIpc) is 3.32. The minimum atomic E-state index is -0.601. The third kappa shape index (κ3) is 5.59. The van der Waals surface area contributed by atoms with Crippen molar-refractivity contribution in [1.29, 1.82) is 0 Å². The molecular formula is C25H28ClFN4O4. The van der Waals surface area contributed by atoms with Gasteiger partial charge in [-0.25, -0.2) is 4.39 Å². The van der Waals surface area contributed by atoms with Gasteiger partial charge >= 0.3 is 0 Å². The quantitative estimate of drug-likeness (QED) is 0.443. The highest BCUT2D eigenvalue weighted by Gasteiger charge is 2.49. The van der Waals surface area contributed by atoms with E-state index in [1.165, 1.54) is 12.1 Å². The Bertz CT molecular complexity index is 1070. The number of hydroxylamine groups is 1. The molecule has 2 bridgehead atoms. The van der Waals surface area contributed by atoms with Gasteiger partial charge in [0.05, 0.1) is 5.02 Å². The summed E-state index contributed by atoms with van der Waals surface area (Å²) in [6.45, 7) is 0.156. The lowest BCUT2D eigenvalue weighted by molar-refractivity contribution is -0.136. The van der Waals surface area contributed by atoms with E-state index in [0.29, 0.717) is 24.8 Å². The van der Waals surface area contributed by atoms with Gasteiger partial charge in [-0.15, -0.1) is 0 Å². The van der Waals surface area contributed by atoms with Gasteiger partial charge in [0.2, 0.25) is 5.91 Å². The van der Waals surface area contributed by atoms with Gasteiger partial charge in [-0.2, -0.15) is 5.48 Å². The maximum absolute atomic E-state index is 13.5. The van der Waals surface area contributed by atoms with Crippen molar-refractivity contribution in [3.05, 3.63) is 64.9 Å². The van der Waals surface area contributed by atoms with Crippen LogP contribution in [0, 0.1) is 23.6 Å². The summed E-state index contributed by atoms with van der Waals surface area (Å²) in [6, 6.07) is 13.8. The van der Waals surface area contributed by atoms with Gasteiger partial charge in [-0.05, 0) is 48.8 Å². The number of fused-ring (bicyclic) bond motifs is 2. The first-order valence-electron chi connectivity index (χ1n) is 11.8. The third-order valence-corrected chi connectivity index (χ3v) is 7.37. The van der Waals surface area contributed by atoms with Crippen molar-refractivity contribution in [2.75, 3.05) is 13.2 Å². The lowest BCUT2D eigenvalue weighted by Gasteiger charge is -2.50. The fourth-order valence-electron chi connectivity index (χ4n) is 5.11. The van der Waals surface area contributed by atoms with E-state index in [-0.39, 0.29) is 53.5 Å². The molecule has 1 aliphatic heterocycles. The number of nitrogens with one attached hydrogen (secondary N) is 4. The Morgan fingerprint density at radius 3 is 2.69 bits per heavy atom. The van der Waals surface area contributed by atoms with Crippen molar-refractivity contribution < 1.29 is 23.6 Å². The highest BCUT2D eigenvalue weighted by Crippen LogP contribution is 2.49. The van der Waals surface area contributed by atoms with E-state index in [1.54, 1.807) is 0 Å². The zero-order valence-electron chi connectivity index (χ0n) is 19.0. The summed E-state index contributed by atoms with van der Waals surface area (Å²) in [5, 5.41) is 9.33. The van der Waals surface area contributed by atoms with Crippen molar-refractivity contribution in [1.82, 2.24) is 21.4 Å². The molecule has 2 amide bonds. The summed E-state index contributed by atoms with van der Waals surface area (Å²) in [5.74, 6) is -0.0942. The molecule has 8 nitrogen and oxygen atoms in total. The molecule has 186 valence electrons. The Hall–Kier alpha value is -2.72. The first kappa shape index (κ1) is 24.0. The number of ether oxygens (including phenoxy) is 1. The normalized spacial score (nSPS) is 29.2. The molecule has 6 rings (SSSR count). The standard InChI is InChI=1S/C25H28ClFN4O4/c26-19-7-6-17(10-20(19)27)34-13-23(32)29-21-11-18(15-8-16(21)9-15)24(33)28-12-22-30-25(35-31-22)14-4-2-1-3-5-14/h1-7,10,15-16,18,21-22,25,30-31H,8-9,11-13H2,(H,28,33)(H,29,32)/t15?,16?,18-,21+,22?,25?/m0/s1. The average molecular weight is 503 g/mol. The molecule has 4 N–H and O–H groups in total. The second-order valence-electron chi connectivity index (χ2n) is 9.36. The molecule has 3 saturated carbocycles. The van der Waals surface area contributed by atoms with Crippen LogP contribution in [0.3, 0.4) is 0 Å². The van der Waals surface area contributed by atoms with Crippen molar-refractivity contribution in [3.8, 4) is 5.75 Å². The molecule has 4 fully saturated rings. The Balaban J connectivity index is 1.07. The molecule has 4 aliphatic rings. The molecule has 1 heterocycles. The molecule has 0 aromatic heterocycles. The number of halogens is 2. The summed E-state index contributed by atoms with van der Waals surface area (Å²) in [5.41, 5.74) is 3.93. The number of amides is 2. The number of hydrogen-bond acceptors (Lipinski definition) is 6. The van der Waals surface area contributed by atoms with Crippen LogP contribution >= 0.6 is 11.6 Å². The van der Waals surface area contributed by atoms with Crippen molar-refractivity contribution >= 4 is 23.4 Å². The number of carbonyl (C=O) groups is 2. The number of hydrogen-bond donors (Lipinski definition) is 4. The molecule has 2 unspecified atom stereocenters. The van der Waals surface area contributed by atoms with Crippen LogP contribution in [-0.2, 0) is 14.4 Å². The lowest BCUT2D eigenvalue weighted by Crippen LogP contribution is -2.57. The van der Waals surface area contributed by atoms with E-state index >= 15 is 0 Å². The van der Waals surface area contributed by atoms with E-state index in [1.807, 2.05) is 30.3 Å². The van der Waals surface area contributed by atoms with Crippen molar-refractivity contribution in [3.63, 3.8) is 0 Å². The Kier molecular flexibility index (Phi) is 7.19. The minimum absolute atomic E-state index is 0.00380. The summed E-state index contributed by atoms with van der Waals surface area (Å²) >= 11 is 5.67. The SMILES string of the molecule is O=C(COc1ccc(Cl)c(F)c1)N[C@@H]1C[C@H](C(=O)NCC2NOC(c3ccccc3)N2)C2CC1C2. The fraction of sp³-hybridized carbons (Fsp3) is 0.440. The molecule has 0 radical (unpaired) electrons. The number of benzene rings is 2. The Labute approximate surface area is 207 Å². The summed E-state index contributed by atoms with van der Waals surface area (Å²) in [4.78, 5) is 31.0. The van der Waals surface area contributed by atoms with E-state index in [2.05, 4.69) is 21.4 Å². The maximum Gasteiger partial charge on any atom is 0.258 e. The molecule has 3 aliphatic carbocycles. The predicted octanol–water partition coefficient (Wildman–Crippen LogP) is 2.65. The van der Waals surface area contributed by atoms with Gasteiger partial charge in [0.15, 0.2) is 12.8 Å². The van der Waals surface area contributed by atoms with Gasteiger partial charge < -0.3 is 15.4 Å². The van der Waals surface area contributed by atoms with Gasteiger partial charge in [0.25, 0.3) is 5.91 Å². The maximum atomic E-state index is 13.5. The van der Waals surface area contributed by atoms with Gasteiger partial charge in [0, 0.05) is 24.6 Å². The van der Waals surface area contributed by atoms with Crippen molar-refractivity contribution in [2.24, 2.45) is 17.8 Å². The third-order valence-electron chi connectivity index (χ3n) is 7.06. The summed E-state index contributed by atoms with van der Waals surface area (Å²) in [6.07, 6.45) is 1.96. The predicted molar refractivity (Wildman–Crippen MR) is 126 cm³/mol. The summed E-state index contributed by atoms with van der Waals surface area (Å²) in [7, 11) is 0. The number of carbonyl (C=O) groups excluding carboxylic acids is 2. The largest absolute Gasteiger partial charge is 0.484 e. The molecule has 0 spiro atoms. The Morgan fingerprint density at radius 1 is 1.11 bits per heavy atom. The zero-order chi connectivity index (χ0) is 24.4. The van der Waals surface area contributed by atoms with Crippen LogP contribution in [-0.4, -0.2) is 37.2 Å². The van der Waals surface area contributed by atoms with Crippen LogP contribution in [0.4, 0.5) is 4.39 Å². The fourth-order valence-corrected chi connectivity index (χ4v) is 5.23. The number of rotatable bonds is 8. The van der Waals surface area contributed by atoms with Gasteiger partial charge in [-0.1, -0.05) is 41.9 Å². The van der Waals surface area contributed by atoms with Crippen LogP contribution in [0.25, 0.3) is 0 Å². The molecule has 4 atom stereocenters. The van der Waals surface area contributed by atoms with Crippen LogP contribution < -0.4 is 26.2 Å². The first-order chi connectivity index (χ1) is 17.0. The second kappa shape index (κ2) is 10.5. The van der Waals surface area contributed by atoms with E-state index in [0.717, 1.165) is 24.5 Å². The van der Waals surface area contributed by atoms with Crippen LogP contribution in [0.5, 0.6) is 5.75 Å². The molecule has 35 heavy (non-hydrogen) atoms. The topological polar surface area (TPSA) is 101 Å². The molecule has 2 aromatic rings. The Morgan fingerprint density at radius 2 is 1.91 bits per heavy atom. The molecule has 10 heteroatoms. The highest BCUT2D eigenvalue weighted by molar-refractivity contribution is 6.30. The molecule has 2 aromatic carbocycles. The van der Waals surface area contributed by atoms with Gasteiger partial charge in [-0.3, -0.25) is 19.7 Å². The van der Waals surface area contributed by atoms with Crippen molar-refractivity contribution in [2.45, 2.75) is 37.7 Å². The summed E-state index contributed by atoms with van der Waals surface area (Å²) < 4.78 is 18.9. The monoisotopic (exact) mass is 502 g/mol. The van der Waals surface area contributed by atoms with E-state index < -0.39 is 5.82 Å². The van der Waals surface area contributed by atoms with Crippen LogP contribution in [0.15, 0.2) is 48.5 Å². The van der Waals surface area contributed by atoms with Crippen LogP contribution in [0.1, 0.15) is 31.1 Å². The molecule has 1 saturated heterocycles. The van der Waals surface area contributed by atoms with Gasteiger partial charge in [0.1, 0.15) is 17.7 Å². The van der Waals surface area contributed by atoms with Crippen LogP contribution in [0.2, 0.25) is 5.02 Å². The van der Waals surface area contributed by atoms with E-state index in [4.69, 9.17) is 21.2 Å². The van der Waals surface area contributed by atoms with E-state index in [9.17, 15) is 14.0 Å². The second-order valence-corrected chi connectivity index (χ2v) is 9.77. The first-order valence-corrected chi connectivity index (χ1v) is 12.2. The minimum Gasteiger partial charge on any atom is -0.484 e. The smallest absolute Gasteiger partial charge is 0.258 e. The lowest BCUT2D eigenvalue weighted by atomic mass is 9.57. The zero-order valence-corrected chi connectivity index (χ0v) is 19.8. The highest BCUT2D eigenvalue weighted by atomic mass is 35.5.